The Kier molecular flexibility index (Phi) is 4.66. The standard InChI is InChI=1S/C20H15NO5/c1-2-4-12-5-3-6-14-11-16(20(25)26-17(12)14)18(22)21-15-9-7-13(8-10-15)19(23)24/h2-3,5-11H,1,4H2,(H,21,22)(H,23,24)/p-1. The van der Waals surface area contributed by atoms with Gasteiger partial charge in [0.15, 0.2) is 0 Å². The molecule has 0 saturated heterocycles. The van der Waals surface area contributed by atoms with Gasteiger partial charge in [-0.2, -0.15) is 0 Å². The van der Waals surface area contributed by atoms with Crippen LogP contribution in [0.3, 0.4) is 0 Å². The van der Waals surface area contributed by atoms with Gasteiger partial charge >= 0.3 is 5.63 Å². The molecule has 3 aromatic rings. The van der Waals surface area contributed by atoms with Crippen molar-refractivity contribution in [1.29, 1.82) is 0 Å². The molecule has 6 heteroatoms. The summed E-state index contributed by atoms with van der Waals surface area (Å²) in [6.07, 6.45) is 2.24. The van der Waals surface area contributed by atoms with Gasteiger partial charge in [-0.3, -0.25) is 4.79 Å². The number of carboxylic acid groups (broad SMARTS) is 1. The van der Waals surface area contributed by atoms with Gasteiger partial charge in [-0.05, 0) is 35.7 Å². The first kappa shape index (κ1) is 17.2. The van der Waals surface area contributed by atoms with Gasteiger partial charge in [-0.25, -0.2) is 4.79 Å². The number of allylic oxidation sites excluding steroid dienone is 1. The minimum absolute atomic E-state index is 0.0111. The molecule has 1 aromatic heterocycles. The Morgan fingerprint density at radius 1 is 1.15 bits per heavy atom. The third kappa shape index (κ3) is 3.39. The number of aromatic carboxylic acids is 1. The van der Waals surface area contributed by atoms with Crippen molar-refractivity contribution < 1.29 is 19.1 Å². The van der Waals surface area contributed by atoms with Crippen LogP contribution in [-0.2, 0) is 6.42 Å². The van der Waals surface area contributed by atoms with Crippen molar-refractivity contribution in [1.82, 2.24) is 0 Å². The van der Waals surface area contributed by atoms with E-state index in [4.69, 9.17) is 4.42 Å². The molecule has 0 fully saturated rings. The summed E-state index contributed by atoms with van der Waals surface area (Å²) in [5, 5.41) is 13.9. The number of carboxylic acids is 1. The molecule has 0 radical (unpaired) electrons. The number of para-hydroxylation sites is 1. The quantitative estimate of drug-likeness (QED) is 0.562. The normalized spacial score (nSPS) is 10.5. The molecular weight excluding hydrogens is 334 g/mol. The largest absolute Gasteiger partial charge is 0.545 e. The van der Waals surface area contributed by atoms with E-state index in [-0.39, 0.29) is 11.1 Å². The zero-order chi connectivity index (χ0) is 18.7. The lowest BCUT2D eigenvalue weighted by atomic mass is 10.1. The topological polar surface area (TPSA) is 99.4 Å². The van der Waals surface area contributed by atoms with E-state index in [1.165, 1.54) is 30.3 Å². The first-order valence-corrected chi connectivity index (χ1v) is 7.79. The first-order valence-electron chi connectivity index (χ1n) is 7.79. The predicted molar refractivity (Wildman–Crippen MR) is 95.1 cm³/mol. The van der Waals surface area contributed by atoms with E-state index in [0.717, 1.165) is 5.56 Å². The van der Waals surface area contributed by atoms with E-state index in [1.54, 1.807) is 12.1 Å². The molecule has 2 aromatic carbocycles. The third-order valence-corrected chi connectivity index (χ3v) is 3.83. The number of amides is 1. The average molecular weight is 348 g/mol. The number of fused-ring (bicyclic) bond motifs is 1. The number of rotatable bonds is 5. The molecule has 0 aliphatic rings. The Balaban J connectivity index is 1.93. The second-order valence-electron chi connectivity index (χ2n) is 5.59. The van der Waals surface area contributed by atoms with Crippen molar-refractivity contribution in [2.24, 2.45) is 0 Å². The molecule has 3 rings (SSSR count). The SMILES string of the molecule is C=CCc1cccc2cc(C(=O)Nc3ccc(C(=O)[O-])cc3)c(=O)oc12. The van der Waals surface area contributed by atoms with Crippen LogP contribution in [0.2, 0.25) is 0 Å². The first-order chi connectivity index (χ1) is 12.5. The van der Waals surface area contributed by atoms with Gasteiger partial charge in [0, 0.05) is 11.1 Å². The maximum atomic E-state index is 12.4. The van der Waals surface area contributed by atoms with E-state index < -0.39 is 17.5 Å². The molecule has 0 atom stereocenters. The molecule has 0 spiro atoms. The van der Waals surface area contributed by atoms with Crippen LogP contribution in [-0.4, -0.2) is 11.9 Å². The molecule has 0 bridgehead atoms. The van der Waals surface area contributed by atoms with Gasteiger partial charge in [0.25, 0.3) is 5.91 Å². The zero-order valence-electron chi connectivity index (χ0n) is 13.7. The van der Waals surface area contributed by atoms with Gasteiger partial charge in [0.05, 0.1) is 5.97 Å². The van der Waals surface area contributed by atoms with Crippen molar-refractivity contribution in [3.05, 3.63) is 88.3 Å². The van der Waals surface area contributed by atoms with E-state index in [9.17, 15) is 19.5 Å². The fraction of sp³-hybridized carbons (Fsp3) is 0.0500. The van der Waals surface area contributed by atoms with Crippen LogP contribution in [0, 0.1) is 0 Å². The van der Waals surface area contributed by atoms with Crippen LogP contribution < -0.4 is 16.0 Å². The Labute approximate surface area is 148 Å². The fourth-order valence-corrected chi connectivity index (χ4v) is 2.57. The van der Waals surface area contributed by atoms with Gasteiger partial charge in [0.1, 0.15) is 11.1 Å². The molecule has 1 amide bonds. The second-order valence-corrected chi connectivity index (χ2v) is 5.59. The van der Waals surface area contributed by atoms with Crippen molar-refractivity contribution in [2.45, 2.75) is 6.42 Å². The number of carbonyl (C=O) groups excluding carboxylic acids is 2. The number of carbonyl (C=O) groups is 2. The van der Waals surface area contributed by atoms with Crippen molar-refractivity contribution in [3.8, 4) is 0 Å². The molecule has 26 heavy (non-hydrogen) atoms. The number of nitrogens with one attached hydrogen (secondary N) is 1. The molecule has 6 nitrogen and oxygen atoms in total. The lowest BCUT2D eigenvalue weighted by molar-refractivity contribution is -0.255. The maximum absolute atomic E-state index is 12.4. The van der Waals surface area contributed by atoms with Gasteiger partial charge in [-0.15, -0.1) is 6.58 Å². The van der Waals surface area contributed by atoms with Gasteiger partial charge in [0.2, 0.25) is 0 Å². The smallest absolute Gasteiger partial charge is 0.349 e. The maximum Gasteiger partial charge on any atom is 0.349 e. The summed E-state index contributed by atoms with van der Waals surface area (Å²) in [4.78, 5) is 35.4. The summed E-state index contributed by atoms with van der Waals surface area (Å²) in [5.41, 5.74) is 0.671. The average Bonchev–Trinajstić information content (AvgIpc) is 2.62. The fourth-order valence-electron chi connectivity index (χ4n) is 2.57. The number of benzene rings is 2. The third-order valence-electron chi connectivity index (χ3n) is 3.83. The zero-order valence-corrected chi connectivity index (χ0v) is 13.7. The van der Waals surface area contributed by atoms with Crippen LogP contribution in [0.5, 0.6) is 0 Å². The lowest BCUT2D eigenvalue weighted by Crippen LogP contribution is -2.22. The van der Waals surface area contributed by atoms with Crippen LogP contribution >= 0.6 is 0 Å². The molecule has 0 aliphatic heterocycles. The van der Waals surface area contributed by atoms with Gasteiger partial charge in [-0.1, -0.05) is 36.4 Å². The number of hydrogen-bond donors (Lipinski definition) is 1. The monoisotopic (exact) mass is 348 g/mol. The summed E-state index contributed by atoms with van der Waals surface area (Å²) in [6.45, 7) is 3.67. The Hall–Kier alpha value is -3.67. The van der Waals surface area contributed by atoms with Crippen LogP contribution in [0.25, 0.3) is 11.0 Å². The molecule has 0 unspecified atom stereocenters. The van der Waals surface area contributed by atoms with Crippen LogP contribution in [0.15, 0.2) is 70.4 Å². The molecule has 1 heterocycles. The highest BCUT2D eigenvalue weighted by Crippen LogP contribution is 2.19. The summed E-state index contributed by atoms with van der Waals surface area (Å²) >= 11 is 0. The van der Waals surface area contributed by atoms with E-state index in [1.807, 2.05) is 12.1 Å². The Bertz CT molecular complexity index is 1060. The molecule has 0 aliphatic carbocycles. The van der Waals surface area contributed by atoms with E-state index in [0.29, 0.717) is 23.1 Å². The Morgan fingerprint density at radius 3 is 2.54 bits per heavy atom. The minimum atomic E-state index is -1.31. The highest BCUT2D eigenvalue weighted by Gasteiger charge is 2.15. The molecule has 130 valence electrons. The molecule has 1 N–H and O–H groups in total. The highest BCUT2D eigenvalue weighted by molar-refractivity contribution is 6.05. The summed E-state index contributed by atoms with van der Waals surface area (Å²) in [7, 11) is 0. The predicted octanol–water partition coefficient (Wildman–Crippen LogP) is 2.14. The van der Waals surface area contributed by atoms with Crippen LogP contribution in [0.4, 0.5) is 5.69 Å². The summed E-state index contributed by atoms with van der Waals surface area (Å²) < 4.78 is 5.34. The van der Waals surface area contributed by atoms with Crippen molar-refractivity contribution in [3.63, 3.8) is 0 Å². The minimum Gasteiger partial charge on any atom is -0.545 e. The van der Waals surface area contributed by atoms with Crippen molar-refractivity contribution in [2.75, 3.05) is 5.32 Å². The molecule has 0 saturated carbocycles. The Morgan fingerprint density at radius 2 is 1.88 bits per heavy atom. The van der Waals surface area contributed by atoms with Crippen LogP contribution in [0.1, 0.15) is 26.3 Å². The molecular formula is C20H14NO5-. The second kappa shape index (κ2) is 7.06. The van der Waals surface area contributed by atoms with Gasteiger partial charge < -0.3 is 19.6 Å². The number of anilines is 1. The van der Waals surface area contributed by atoms with E-state index in [2.05, 4.69) is 11.9 Å². The summed E-state index contributed by atoms with van der Waals surface area (Å²) in [5.74, 6) is -1.95. The van der Waals surface area contributed by atoms with Crippen molar-refractivity contribution >= 4 is 28.5 Å². The highest BCUT2D eigenvalue weighted by atomic mass is 16.4. The number of hydrogen-bond acceptors (Lipinski definition) is 5. The summed E-state index contributed by atoms with van der Waals surface area (Å²) in [6, 6.07) is 12.3. The van der Waals surface area contributed by atoms with E-state index >= 15 is 0 Å². The lowest BCUT2D eigenvalue weighted by Gasteiger charge is -2.08.